The average molecular weight is 439 g/mol. The van der Waals surface area contributed by atoms with Crippen molar-refractivity contribution in [1.29, 1.82) is 0 Å². The number of ketones is 1. The SMILES string of the molecule is COc1cc2c(C(=O)c3cccc(OC(C)C)c3)ncc(C(=O)O)c2cc1OCCCO. The van der Waals surface area contributed by atoms with Gasteiger partial charge >= 0.3 is 5.97 Å². The lowest BCUT2D eigenvalue weighted by atomic mass is 9.99. The molecule has 8 heteroatoms. The van der Waals surface area contributed by atoms with E-state index < -0.39 is 5.97 Å². The van der Waals surface area contributed by atoms with E-state index in [-0.39, 0.29) is 36.4 Å². The summed E-state index contributed by atoms with van der Waals surface area (Å²) in [5.41, 5.74) is 0.386. The lowest BCUT2D eigenvalue weighted by molar-refractivity contribution is 0.0698. The Labute approximate surface area is 185 Å². The number of carboxylic acids is 1. The van der Waals surface area contributed by atoms with Gasteiger partial charge in [0.05, 0.1) is 25.4 Å². The third-order valence-corrected chi connectivity index (χ3v) is 4.65. The van der Waals surface area contributed by atoms with Crippen molar-refractivity contribution in [3.05, 3.63) is 59.4 Å². The number of aromatic carboxylic acids is 1. The largest absolute Gasteiger partial charge is 0.493 e. The van der Waals surface area contributed by atoms with E-state index in [1.165, 1.54) is 13.2 Å². The number of hydrogen-bond donors (Lipinski definition) is 2. The van der Waals surface area contributed by atoms with Crippen LogP contribution in [0.4, 0.5) is 0 Å². The van der Waals surface area contributed by atoms with Crippen LogP contribution in [0.2, 0.25) is 0 Å². The molecule has 0 bridgehead atoms. The summed E-state index contributed by atoms with van der Waals surface area (Å²) in [6.45, 7) is 3.96. The van der Waals surface area contributed by atoms with Crippen LogP contribution in [-0.4, -0.2) is 53.4 Å². The Morgan fingerprint density at radius 1 is 1.09 bits per heavy atom. The van der Waals surface area contributed by atoms with Crippen molar-refractivity contribution in [2.75, 3.05) is 20.3 Å². The Bertz CT molecular complexity index is 1140. The summed E-state index contributed by atoms with van der Waals surface area (Å²) < 4.78 is 16.7. The van der Waals surface area contributed by atoms with Gasteiger partial charge in [-0.3, -0.25) is 9.78 Å². The second-order valence-corrected chi connectivity index (χ2v) is 7.32. The Hall–Kier alpha value is -3.65. The second-order valence-electron chi connectivity index (χ2n) is 7.32. The third-order valence-electron chi connectivity index (χ3n) is 4.65. The number of ether oxygens (including phenoxy) is 3. The number of aliphatic hydroxyl groups is 1. The van der Waals surface area contributed by atoms with E-state index in [9.17, 15) is 14.7 Å². The van der Waals surface area contributed by atoms with E-state index in [4.69, 9.17) is 19.3 Å². The molecular weight excluding hydrogens is 414 g/mol. The summed E-state index contributed by atoms with van der Waals surface area (Å²) in [5, 5.41) is 19.3. The van der Waals surface area contributed by atoms with Crippen molar-refractivity contribution in [1.82, 2.24) is 4.98 Å². The van der Waals surface area contributed by atoms with Crippen LogP contribution < -0.4 is 14.2 Å². The Balaban J connectivity index is 2.14. The molecule has 8 nitrogen and oxygen atoms in total. The van der Waals surface area contributed by atoms with E-state index in [1.54, 1.807) is 30.3 Å². The highest BCUT2D eigenvalue weighted by Crippen LogP contribution is 2.36. The zero-order chi connectivity index (χ0) is 23.3. The Morgan fingerprint density at radius 2 is 1.84 bits per heavy atom. The van der Waals surface area contributed by atoms with Gasteiger partial charge < -0.3 is 24.4 Å². The maximum atomic E-state index is 13.3. The lowest BCUT2D eigenvalue weighted by Gasteiger charge is -2.15. The molecule has 2 N–H and O–H groups in total. The number of fused-ring (bicyclic) bond motifs is 1. The molecule has 0 atom stereocenters. The van der Waals surface area contributed by atoms with Crippen LogP contribution in [-0.2, 0) is 0 Å². The molecule has 0 aliphatic carbocycles. The fraction of sp³-hybridized carbons (Fsp3) is 0.292. The number of aliphatic hydroxyl groups excluding tert-OH is 1. The molecule has 3 aromatic rings. The highest BCUT2D eigenvalue weighted by Gasteiger charge is 2.22. The molecular formula is C24H25NO7. The molecule has 0 amide bonds. The van der Waals surface area contributed by atoms with Crippen LogP contribution >= 0.6 is 0 Å². The first-order valence-corrected chi connectivity index (χ1v) is 10.1. The number of carboxylic acid groups (broad SMARTS) is 1. The Morgan fingerprint density at radius 3 is 2.50 bits per heavy atom. The van der Waals surface area contributed by atoms with Gasteiger partial charge in [-0.05, 0) is 38.1 Å². The molecule has 1 aromatic heterocycles. The summed E-state index contributed by atoms with van der Waals surface area (Å²) in [6.07, 6.45) is 1.51. The molecule has 0 unspecified atom stereocenters. The summed E-state index contributed by atoms with van der Waals surface area (Å²) in [7, 11) is 1.45. The van der Waals surface area contributed by atoms with E-state index >= 15 is 0 Å². The van der Waals surface area contributed by atoms with Crippen LogP contribution in [0.5, 0.6) is 17.2 Å². The number of rotatable bonds is 10. The van der Waals surface area contributed by atoms with Gasteiger partial charge in [-0.15, -0.1) is 0 Å². The monoisotopic (exact) mass is 439 g/mol. The predicted octanol–water partition coefficient (Wildman–Crippen LogP) is 3.72. The molecule has 1 heterocycles. The van der Waals surface area contributed by atoms with Crippen molar-refractivity contribution in [2.24, 2.45) is 0 Å². The standard InChI is InChI=1S/C24H25NO7/c1-14(2)32-16-7-4-6-15(10-16)23(27)22-18-12-20(30-3)21(31-9-5-8-26)11-17(18)19(13-25-22)24(28)29/h4,6-7,10-14,26H,5,8-9H2,1-3H3,(H,28,29). The summed E-state index contributed by atoms with van der Waals surface area (Å²) in [6, 6.07) is 9.82. The summed E-state index contributed by atoms with van der Waals surface area (Å²) >= 11 is 0. The summed E-state index contributed by atoms with van der Waals surface area (Å²) in [4.78, 5) is 29.3. The molecule has 0 aliphatic heterocycles. The minimum atomic E-state index is -1.18. The average Bonchev–Trinajstić information content (AvgIpc) is 2.77. The number of benzene rings is 2. The molecule has 168 valence electrons. The van der Waals surface area contributed by atoms with Crippen molar-refractivity contribution in [3.8, 4) is 17.2 Å². The zero-order valence-corrected chi connectivity index (χ0v) is 18.1. The molecule has 3 rings (SSSR count). The number of pyridine rings is 1. The summed E-state index contributed by atoms with van der Waals surface area (Å²) in [5.74, 6) is -0.370. The number of carbonyl (C=O) groups excluding carboxylic acids is 1. The molecule has 32 heavy (non-hydrogen) atoms. The minimum absolute atomic E-state index is 0.0432. The van der Waals surface area contributed by atoms with E-state index in [0.29, 0.717) is 40.0 Å². The van der Waals surface area contributed by atoms with Crippen LogP contribution in [0.15, 0.2) is 42.6 Å². The first-order chi connectivity index (χ1) is 15.3. The maximum Gasteiger partial charge on any atom is 0.337 e. The van der Waals surface area contributed by atoms with Crippen molar-refractivity contribution in [3.63, 3.8) is 0 Å². The van der Waals surface area contributed by atoms with Gasteiger partial charge in [-0.1, -0.05) is 12.1 Å². The van der Waals surface area contributed by atoms with Gasteiger partial charge in [0.2, 0.25) is 5.78 Å². The molecule has 0 radical (unpaired) electrons. The highest BCUT2D eigenvalue weighted by atomic mass is 16.5. The molecule has 0 saturated heterocycles. The molecule has 0 spiro atoms. The van der Waals surface area contributed by atoms with E-state index in [2.05, 4.69) is 4.98 Å². The van der Waals surface area contributed by atoms with Crippen LogP contribution in [0, 0.1) is 0 Å². The molecule has 0 fully saturated rings. The van der Waals surface area contributed by atoms with Gasteiger partial charge in [0.25, 0.3) is 0 Å². The van der Waals surface area contributed by atoms with Gasteiger partial charge in [0.1, 0.15) is 11.4 Å². The first kappa shape index (κ1) is 23.0. The van der Waals surface area contributed by atoms with Gasteiger partial charge in [-0.25, -0.2) is 4.79 Å². The van der Waals surface area contributed by atoms with Crippen molar-refractivity contribution in [2.45, 2.75) is 26.4 Å². The topological polar surface area (TPSA) is 115 Å². The highest BCUT2D eigenvalue weighted by molar-refractivity contribution is 6.18. The fourth-order valence-corrected chi connectivity index (χ4v) is 3.24. The first-order valence-electron chi connectivity index (χ1n) is 10.1. The fourth-order valence-electron chi connectivity index (χ4n) is 3.24. The van der Waals surface area contributed by atoms with Crippen molar-refractivity contribution >= 4 is 22.5 Å². The quantitative estimate of drug-likeness (QED) is 0.363. The zero-order valence-electron chi connectivity index (χ0n) is 18.1. The van der Waals surface area contributed by atoms with Crippen LogP contribution in [0.3, 0.4) is 0 Å². The normalized spacial score (nSPS) is 10.9. The smallest absolute Gasteiger partial charge is 0.337 e. The molecule has 0 saturated carbocycles. The second kappa shape index (κ2) is 10.1. The maximum absolute atomic E-state index is 13.3. The minimum Gasteiger partial charge on any atom is -0.493 e. The van der Waals surface area contributed by atoms with Gasteiger partial charge in [0.15, 0.2) is 11.5 Å². The third kappa shape index (κ3) is 4.97. The number of hydrogen-bond acceptors (Lipinski definition) is 7. The molecule has 2 aromatic carbocycles. The number of methoxy groups -OCH3 is 1. The van der Waals surface area contributed by atoms with E-state index in [1.807, 2.05) is 13.8 Å². The Kier molecular flexibility index (Phi) is 7.27. The van der Waals surface area contributed by atoms with Crippen molar-refractivity contribution < 1.29 is 34.0 Å². The van der Waals surface area contributed by atoms with E-state index in [0.717, 1.165) is 6.20 Å². The lowest BCUT2D eigenvalue weighted by Crippen LogP contribution is -2.10. The van der Waals surface area contributed by atoms with Crippen LogP contribution in [0.25, 0.3) is 10.8 Å². The van der Waals surface area contributed by atoms with Gasteiger partial charge in [0, 0.05) is 35.6 Å². The number of carbonyl (C=O) groups is 2. The predicted molar refractivity (Wildman–Crippen MR) is 118 cm³/mol. The molecule has 0 aliphatic rings. The van der Waals surface area contributed by atoms with Crippen LogP contribution in [0.1, 0.15) is 46.7 Å². The number of aromatic nitrogens is 1. The number of nitrogens with zero attached hydrogens (tertiary/aromatic N) is 1. The van der Waals surface area contributed by atoms with Gasteiger partial charge in [-0.2, -0.15) is 0 Å².